The van der Waals surface area contributed by atoms with E-state index in [1.807, 2.05) is 11.9 Å². The fourth-order valence-electron chi connectivity index (χ4n) is 0.901. The van der Waals surface area contributed by atoms with Gasteiger partial charge in [-0.2, -0.15) is 0 Å². The predicted molar refractivity (Wildman–Crippen MR) is 59.3 cm³/mol. The van der Waals surface area contributed by atoms with Crippen LogP contribution in [0.15, 0.2) is 12.7 Å². The Morgan fingerprint density at radius 1 is 1.42 bits per heavy atom. The van der Waals surface area contributed by atoms with Gasteiger partial charge in [0, 0.05) is 5.75 Å². The maximum Gasteiger partial charge on any atom is 0.0148 e. The lowest BCUT2D eigenvalue weighted by Gasteiger charge is -2.28. The van der Waals surface area contributed by atoms with E-state index < -0.39 is 0 Å². The van der Waals surface area contributed by atoms with Crippen LogP contribution in [0.1, 0.15) is 20.8 Å². The van der Waals surface area contributed by atoms with Crippen LogP contribution in [0.3, 0.4) is 0 Å². The Morgan fingerprint density at radius 3 is 2.17 bits per heavy atom. The highest BCUT2D eigenvalue weighted by atomic mass is 32.2. The van der Waals surface area contributed by atoms with Crippen LogP contribution in [0.25, 0.3) is 0 Å². The van der Waals surface area contributed by atoms with E-state index in [-0.39, 0.29) is 0 Å². The highest BCUT2D eigenvalue weighted by molar-refractivity contribution is 7.96. The fourth-order valence-corrected chi connectivity index (χ4v) is 2.00. The summed E-state index contributed by atoms with van der Waals surface area (Å²) in [5, 5.41) is 0. The standard InChI is InChI=1S/C10H21NS/c1-7-9(10(2,3)4)8-12-11(5)6/h7,9H,1,8H2,2-6H3. The lowest BCUT2D eigenvalue weighted by molar-refractivity contribution is 0.319. The van der Waals surface area contributed by atoms with E-state index in [2.05, 4.69) is 51.8 Å². The van der Waals surface area contributed by atoms with E-state index in [1.54, 1.807) is 0 Å². The van der Waals surface area contributed by atoms with Crippen LogP contribution in [-0.4, -0.2) is 24.2 Å². The van der Waals surface area contributed by atoms with Gasteiger partial charge in [0.15, 0.2) is 0 Å². The van der Waals surface area contributed by atoms with Crippen molar-refractivity contribution in [3.8, 4) is 0 Å². The molecule has 0 aliphatic rings. The van der Waals surface area contributed by atoms with Gasteiger partial charge in [0.25, 0.3) is 0 Å². The maximum absolute atomic E-state index is 3.87. The minimum Gasteiger partial charge on any atom is -0.257 e. The molecule has 0 aromatic heterocycles. The van der Waals surface area contributed by atoms with Gasteiger partial charge in [0.1, 0.15) is 0 Å². The van der Waals surface area contributed by atoms with Crippen LogP contribution in [-0.2, 0) is 0 Å². The molecule has 0 spiro atoms. The molecule has 0 aliphatic heterocycles. The third kappa shape index (κ3) is 4.83. The molecule has 12 heavy (non-hydrogen) atoms. The zero-order valence-electron chi connectivity index (χ0n) is 8.92. The van der Waals surface area contributed by atoms with Crippen LogP contribution in [0.5, 0.6) is 0 Å². The molecule has 1 nitrogen and oxygen atoms in total. The van der Waals surface area contributed by atoms with Crippen molar-refractivity contribution in [2.75, 3.05) is 19.8 Å². The number of rotatable bonds is 4. The van der Waals surface area contributed by atoms with E-state index >= 15 is 0 Å². The van der Waals surface area contributed by atoms with Crippen molar-refractivity contribution in [3.63, 3.8) is 0 Å². The molecule has 0 fully saturated rings. The van der Waals surface area contributed by atoms with Crippen molar-refractivity contribution < 1.29 is 0 Å². The normalized spacial score (nSPS) is 14.8. The number of hydrogen-bond donors (Lipinski definition) is 0. The molecule has 0 saturated carbocycles. The lowest BCUT2D eigenvalue weighted by atomic mass is 9.82. The minimum atomic E-state index is 0.338. The Labute approximate surface area is 81.4 Å². The zero-order valence-corrected chi connectivity index (χ0v) is 9.74. The smallest absolute Gasteiger partial charge is 0.0148 e. The first-order valence-corrected chi connectivity index (χ1v) is 5.25. The summed E-state index contributed by atoms with van der Waals surface area (Å²) in [5.41, 5.74) is 0.338. The first kappa shape index (κ1) is 12.0. The summed E-state index contributed by atoms with van der Waals surface area (Å²) in [4.78, 5) is 0. The molecule has 0 amide bonds. The summed E-state index contributed by atoms with van der Waals surface area (Å²) in [5.74, 6) is 1.71. The van der Waals surface area contributed by atoms with Crippen molar-refractivity contribution in [2.24, 2.45) is 11.3 Å². The Balaban J connectivity index is 3.93. The quantitative estimate of drug-likeness (QED) is 0.491. The molecule has 0 heterocycles. The second-order valence-electron chi connectivity index (χ2n) is 4.32. The molecule has 1 atom stereocenters. The number of allylic oxidation sites excluding steroid dienone is 1. The zero-order chi connectivity index (χ0) is 9.78. The van der Waals surface area contributed by atoms with Crippen LogP contribution in [0, 0.1) is 11.3 Å². The SMILES string of the molecule is C=CC(CSN(C)C)C(C)(C)C. The van der Waals surface area contributed by atoms with E-state index in [0.717, 1.165) is 5.75 Å². The number of nitrogens with zero attached hydrogens (tertiary/aromatic N) is 1. The Hall–Kier alpha value is 0.0500. The lowest BCUT2D eigenvalue weighted by Crippen LogP contribution is -2.21. The highest BCUT2D eigenvalue weighted by Gasteiger charge is 2.21. The van der Waals surface area contributed by atoms with Crippen LogP contribution in [0.4, 0.5) is 0 Å². The summed E-state index contributed by atoms with van der Waals surface area (Å²) in [6.45, 7) is 10.7. The molecule has 72 valence electrons. The van der Waals surface area contributed by atoms with E-state index in [4.69, 9.17) is 0 Å². The van der Waals surface area contributed by atoms with Crippen LogP contribution < -0.4 is 0 Å². The molecule has 0 saturated heterocycles. The van der Waals surface area contributed by atoms with Crippen molar-refractivity contribution in [3.05, 3.63) is 12.7 Å². The van der Waals surface area contributed by atoms with Gasteiger partial charge < -0.3 is 0 Å². The van der Waals surface area contributed by atoms with Crippen LogP contribution >= 0.6 is 11.9 Å². The average molecular weight is 187 g/mol. The van der Waals surface area contributed by atoms with Crippen molar-refractivity contribution in [1.29, 1.82) is 0 Å². The number of hydrogen-bond acceptors (Lipinski definition) is 2. The van der Waals surface area contributed by atoms with Gasteiger partial charge in [-0.3, -0.25) is 4.31 Å². The summed E-state index contributed by atoms with van der Waals surface area (Å²) >= 11 is 1.85. The second kappa shape index (κ2) is 4.93. The average Bonchev–Trinajstić information content (AvgIpc) is 1.85. The monoisotopic (exact) mass is 187 g/mol. The Kier molecular flexibility index (Phi) is 4.95. The molecule has 1 unspecified atom stereocenters. The predicted octanol–water partition coefficient (Wildman–Crippen LogP) is 3.04. The fraction of sp³-hybridized carbons (Fsp3) is 0.800. The van der Waals surface area contributed by atoms with Gasteiger partial charge in [-0.05, 0) is 25.4 Å². The molecule has 0 aliphatic carbocycles. The topological polar surface area (TPSA) is 3.24 Å². The third-order valence-corrected chi connectivity index (χ3v) is 2.93. The minimum absolute atomic E-state index is 0.338. The van der Waals surface area contributed by atoms with E-state index in [9.17, 15) is 0 Å². The summed E-state index contributed by atoms with van der Waals surface area (Å²) in [6, 6.07) is 0. The van der Waals surface area contributed by atoms with Gasteiger partial charge >= 0.3 is 0 Å². The van der Waals surface area contributed by atoms with Gasteiger partial charge in [0.2, 0.25) is 0 Å². The molecule has 0 aromatic rings. The van der Waals surface area contributed by atoms with Gasteiger partial charge in [-0.1, -0.05) is 38.8 Å². The molecular weight excluding hydrogens is 166 g/mol. The third-order valence-electron chi connectivity index (χ3n) is 1.91. The van der Waals surface area contributed by atoms with Gasteiger partial charge in [0.05, 0.1) is 0 Å². The maximum atomic E-state index is 3.87. The van der Waals surface area contributed by atoms with Gasteiger partial charge in [-0.25, -0.2) is 0 Å². The Morgan fingerprint density at radius 2 is 1.92 bits per heavy atom. The summed E-state index contributed by atoms with van der Waals surface area (Å²) < 4.78 is 2.14. The summed E-state index contributed by atoms with van der Waals surface area (Å²) in [6.07, 6.45) is 2.07. The first-order valence-electron chi connectivity index (χ1n) is 4.30. The molecule has 0 rings (SSSR count). The summed E-state index contributed by atoms with van der Waals surface area (Å²) in [7, 11) is 4.15. The van der Waals surface area contributed by atoms with Gasteiger partial charge in [-0.15, -0.1) is 6.58 Å². The van der Waals surface area contributed by atoms with E-state index in [0.29, 0.717) is 11.3 Å². The molecule has 0 N–H and O–H groups in total. The van der Waals surface area contributed by atoms with Crippen molar-refractivity contribution in [2.45, 2.75) is 20.8 Å². The highest BCUT2D eigenvalue weighted by Crippen LogP contribution is 2.29. The molecule has 0 aromatic carbocycles. The second-order valence-corrected chi connectivity index (χ2v) is 5.64. The first-order chi connectivity index (χ1) is 5.38. The molecule has 0 radical (unpaired) electrons. The van der Waals surface area contributed by atoms with Crippen molar-refractivity contribution >= 4 is 11.9 Å². The molecule has 2 heteroatoms. The molecule has 0 bridgehead atoms. The molecular formula is C10H21NS. The van der Waals surface area contributed by atoms with Crippen LogP contribution in [0.2, 0.25) is 0 Å². The van der Waals surface area contributed by atoms with Crippen molar-refractivity contribution in [1.82, 2.24) is 4.31 Å². The van der Waals surface area contributed by atoms with E-state index in [1.165, 1.54) is 0 Å². The Bertz CT molecular complexity index is 135. The largest absolute Gasteiger partial charge is 0.257 e.